The van der Waals surface area contributed by atoms with Gasteiger partial charge in [0.25, 0.3) is 0 Å². The van der Waals surface area contributed by atoms with Gasteiger partial charge in [-0.25, -0.2) is 15.0 Å². The van der Waals surface area contributed by atoms with Crippen LogP contribution >= 0.6 is 11.3 Å². The van der Waals surface area contributed by atoms with Crippen molar-refractivity contribution in [3.63, 3.8) is 0 Å². The Balaban J connectivity index is 1.49. The molecule has 0 saturated carbocycles. The van der Waals surface area contributed by atoms with Crippen LogP contribution in [-0.4, -0.2) is 21.6 Å². The highest BCUT2D eigenvalue weighted by Crippen LogP contribution is 2.35. The second kappa shape index (κ2) is 6.87. The third-order valence-electron chi connectivity index (χ3n) is 4.99. The molecular weight excluding hydrogens is 368 g/mol. The van der Waals surface area contributed by atoms with Gasteiger partial charge in [-0.2, -0.15) is 0 Å². The van der Waals surface area contributed by atoms with Crippen LogP contribution in [0.1, 0.15) is 29.4 Å². The van der Waals surface area contributed by atoms with Crippen LogP contribution in [0.25, 0.3) is 21.5 Å². The number of hydrogen-bond acceptors (Lipinski definition) is 6. The minimum atomic E-state index is 0.176. The largest absolute Gasteiger partial charge is 0.493 e. The molecule has 0 spiro atoms. The maximum absolute atomic E-state index is 5.82. The molecule has 2 aromatic heterocycles. The molecular formula is C22H20N4OS. The lowest BCUT2D eigenvalue weighted by Gasteiger charge is -2.27. The summed E-state index contributed by atoms with van der Waals surface area (Å²) in [5, 5.41) is 3.61. The fourth-order valence-electron chi connectivity index (χ4n) is 3.65. The molecule has 0 amide bonds. The van der Waals surface area contributed by atoms with Crippen LogP contribution in [0.15, 0.2) is 48.0 Å². The number of rotatable bonds is 3. The lowest BCUT2D eigenvalue weighted by molar-refractivity contribution is 0.274. The molecule has 3 heterocycles. The maximum atomic E-state index is 5.82. The van der Waals surface area contributed by atoms with Crippen molar-refractivity contribution in [3.05, 3.63) is 64.9 Å². The summed E-state index contributed by atoms with van der Waals surface area (Å²) in [6, 6.07) is 14.8. The Labute approximate surface area is 167 Å². The first kappa shape index (κ1) is 17.1. The van der Waals surface area contributed by atoms with Crippen molar-refractivity contribution in [1.82, 2.24) is 15.0 Å². The van der Waals surface area contributed by atoms with E-state index in [1.54, 1.807) is 11.3 Å². The number of nitrogens with zero attached hydrogens (tertiary/aromatic N) is 3. The normalized spacial score (nSPS) is 15.9. The molecule has 1 aliphatic rings. The van der Waals surface area contributed by atoms with E-state index >= 15 is 0 Å². The third kappa shape index (κ3) is 3.20. The van der Waals surface area contributed by atoms with E-state index in [1.165, 1.54) is 11.1 Å². The highest BCUT2D eigenvalue weighted by Gasteiger charge is 2.22. The number of nitrogens with one attached hydrogen (secondary N) is 1. The number of benzene rings is 2. The van der Waals surface area contributed by atoms with Gasteiger partial charge in [-0.3, -0.25) is 0 Å². The van der Waals surface area contributed by atoms with E-state index in [-0.39, 0.29) is 6.04 Å². The van der Waals surface area contributed by atoms with Gasteiger partial charge in [0.2, 0.25) is 0 Å². The zero-order chi connectivity index (χ0) is 19.1. The smallest absolute Gasteiger partial charge is 0.130 e. The fraction of sp³-hybridized carbons (Fsp3) is 0.227. The fourth-order valence-corrected chi connectivity index (χ4v) is 4.36. The molecule has 0 fully saturated rings. The number of ether oxygens (including phenoxy) is 1. The average Bonchev–Trinajstić information content (AvgIpc) is 3.16. The molecule has 28 heavy (non-hydrogen) atoms. The molecule has 5 rings (SSSR count). The Bertz CT molecular complexity index is 1170. The van der Waals surface area contributed by atoms with Crippen molar-refractivity contribution in [3.8, 4) is 17.0 Å². The molecule has 5 nitrogen and oxygen atoms in total. The van der Waals surface area contributed by atoms with Gasteiger partial charge in [-0.1, -0.05) is 23.8 Å². The van der Waals surface area contributed by atoms with Crippen molar-refractivity contribution in [1.29, 1.82) is 0 Å². The van der Waals surface area contributed by atoms with Crippen molar-refractivity contribution >= 4 is 27.4 Å². The summed E-state index contributed by atoms with van der Waals surface area (Å²) < 4.78 is 6.98. The van der Waals surface area contributed by atoms with E-state index in [0.717, 1.165) is 45.3 Å². The Kier molecular flexibility index (Phi) is 4.20. The van der Waals surface area contributed by atoms with Gasteiger partial charge in [0.05, 0.1) is 34.1 Å². The molecule has 6 heteroatoms. The van der Waals surface area contributed by atoms with E-state index in [9.17, 15) is 0 Å². The molecule has 2 aromatic carbocycles. The molecule has 0 saturated heterocycles. The third-order valence-corrected chi connectivity index (χ3v) is 5.78. The summed E-state index contributed by atoms with van der Waals surface area (Å²) in [4.78, 5) is 13.6. The monoisotopic (exact) mass is 388 g/mol. The van der Waals surface area contributed by atoms with Crippen LogP contribution in [0.3, 0.4) is 0 Å². The van der Waals surface area contributed by atoms with Gasteiger partial charge < -0.3 is 10.1 Å². The Morgan fingerprint density at radius 2 is 2.00 bits per heavy atom. The lowest BCUT2D eigenvalue weighted by Crippen LogP contribution is -2.21. The number of aryl methyl sites for hydroxylation is 2. The number of aromatic nitrogens is 3. The molecule has 1 unspecified atom stereocenters. The summed E-state index contributed by atoms with van der Waals surface area (Å²) in [6.07, 6.45) is 0.904. The summed E-state index contributed by atoms with van der Waals surface area (Å²) in [6.45, 7) is 4.74. The van der Waals surface area contributed by atoms with Crippen LogP contribution in [-0.2, 0) is 0 Å². The van der Waals surface area contributed by atoms with Crippen LogP contribution < -0.4 is 10.1 Å². The first-order valence-electron chi connectivity index (χ1n) is 9.35. The van der Waals surface area contributed by atoms with E-state index < -0.39 is 0 Å². The number of thiazole rings is 1. The first-order valence-corrected chi connectivity index (χ1v) is 10.2. The Hall–Kier alpha value is -2.99. The highest BCUT2D eigenvalue weighted by atomic mass is 32.1. The van der Waals surface area contributed by atoms with Gasteiger partial charge >= 0.3 is 0 Å². The first-order chi connectivity index (χ1) is 13.7. The average molecular weight is 388 g/mol. The van der Waals surface area contributed by atoms with Crippen LogP contribution in [0.4, 0.5) is 5.82 Å². The van der Waals surface area contributed by atoms with Crippen molar-refractivity contribution in [2.24, 2.45) is 0 Å². The van der Waals surface area contributed by atoms with Gasteiger partial charge in [-0.15, -0.1) is 11.3 Å². The Morgan fingerprint density at radius 1 is 1.07 bits per heavy atom. The van der Waals surface area contributed by atoms with E-state index in [0.29, 0.717) is 6.61 Å². The second-order valence-corrected chi connectivity index (χ2v) is 7.98. The summed E-state index contributed by atoms with van der Waals surface area (Å²) in [7, 11) is 0. The maximum Gasteiger partial charge on any atom is 0.130 e. The van der Waals surface area contributed by atoms with E-state index in [1.807, 2.05) is 24.6 Å². The molecule has 0 bridgehead atoms. The quantitative estimate of drug-likeness (QED) is 0.516. The minimum Gasteiger partial charge on any atom is -0.493 e. The Morgan fingerprint density at radius 3 is 2.93 bits per heavy atom. The van der Waals surface area contributed by atoms with E-state index in [2.05, 4.69) is 57.5 Å². The summed E-state index contributed by atoms with van der Waals surface area (Å²) in [5.74, 6) is 2.54. The molecule has 0 aliphatic carbocycles. The van der Waals surface area contributed by atoms with Crippen LogP contribution in [0.2, 0.25) is 0 Å². The van der Waals surface area contributed by atoms with Gasteiger partial charge in [0.15, 0.2) is 0 Å². The standard InChI is InChI=1S/C22H20N4OS/c1-13-3-6-20-16(9-13)17(7-8-27-20)26-22-11-19(24-14(2)25-22)15-4-5-18-21(10-15)28-12-23-18/h3-6,9-12,17H,7-8H2,1-2H3,(H,24,25,26). The molecule has 140 valence electrons. The van der Waals surface area contributed by atoms with Crippen LogP contribution in [0.5, 0.6) is 5.75 Å². The molecule has 1 N–H and O–H groups in total. The topological polar surface area (TPSA) is 59.9 Å². The molecule has 4 aromatic rings. The summed E-state index contributed by atoms with van der Waals surface area (Å²) in [5.41, 5.74) is 7.31. The van der Waals surface area contributed by atoms with Gasteiger partial charge in [0, 0.05) is 23.6 Å². The highest BCUT2D eigenvalue weighted by molar-refractivity contribution is 7.16. The van der Waals surface area contributed by atoms with Gasteiger partial charge in [-0.05, 0) is 32.0 Å². The van der Waals surface area contributed by atoms with Crippen molar-refractivity contribution in [2.45, 2.75) is 26.3 Å². The molecule has 1 atom stereocenters. The van der Waals surface area contributed by atoms with Gasteiger partial charge in [0.1, 0.15) is 17.4 Å². The lowest BCUT2D eigenvalue weighted by atomic mass is 9.98. The predicted molar refractivity (Wildman–Crippen MR) is 113 cm³/mol. The number of fused-ring (bicyclic) bond motifs is 2. The van der Waals surface area contributed by atoms with Crippen molar-refractivity contribution < 1.29 is 4.74 Å². The minimum absolute atomic E-state index is 0.176. The van der Waals surface area contributed by atoms with Crippen molar-refractivity contribution in [2.75, 3.05) is 11.9 Å². The number of hydrogen-bond donors (Lipinski definition) is 1. The molecule has 1 aliphatic heterocycles. The predicted octanol–water partition coefficient (Wildman–Crippen LogP) is 5.31. The second-order valence-electron chi connectivity index (χ2n) is 7.10. The van der Waals surface area contributed by atoms with E-state index in [4.69, 9.17) is 4.74 Å². The SMILES string of the molecule is Cc1ccc2c(c1)C(Nc1cc(-c3ccc4ncsc4c3)nc(C)n1)CCO2. The summed E-state index contributed by atoms with van der Waals surface area (Å²) >= 11 is 1.64. The zero-order valence-electron chi connectivity index (χ0n) is 15.8. The van der Waals surface area contributed by atoms with Crippen LogP contribution in [0, 0.1) is 13.8 Å². The number of anilines is 1. The zero-order valence-corrected chi connectivity index (χ0v) is 16.6. The molecule has 0 radical (unpaired) electrons.